The predicted molar refractivity (Wildman–Crippen MR) is 69.1 cm³/mol. The molecule has 0 aliphatic carbocycles. The van der Waals surface area contributed by atoms with Crippen molar-refractivity contribution in [2.24, 2.45) is 5.92 Å². The van der Waals surface area contributed by atoms with Gasteiger partial charge in [-0.25, -0.2) is 0 Å². The Morgan fingerprint density at radius 2 is 1.81 bits per heavy atom. The van der Waals surface area contributed by atoms with Gasteiger partial charge in [-0.15, -0.1) is 0 Å². The van der Waals surface area contributed by atoms with Crippen LogP contribution in [0.25, 0.3) is 0 Å². The van der Waals surface area contributed by atoms with Crippen LogP contribution in [0.15, 0.2) is 0 Å². The van der Waals surface area contributed by atoms with Crippen LogP contribution in [0.3, 0.4) is 0 Å². The second-order valence-electron chi connectivity index (χ2n) is 3.82. The quantitative estimate of drug-likeness (QED) is 0.811. The van der Waals surface area contributed by atoms with Crippen molar-refractivity contribution in [2.45, 2.75) is 60.3 Å². The summed E-state index contributed by atoms with van der Waals surface area (Å²) in [6.07, 6.45) is 4.11. The predicted octanol–water partition coefficient (Wildman–Crippen LogP) is 3.03. The van der Waals surface area contributed by atoms with Gasteiger partial charge in [-0.1, -0.05) is 47.5 Å². The summed E-state index contributed by atoms with van der Waals surface area (Å²) in [5.74, 6) is 0.589. The lowest BCUT2D eigenvalue weighted by atomic mass is 10.0. The highest BCUT2D eigenvalue weighted by Gasteiger charge is 2.27. The number of hydrogen-bond donors (Lipinski definition) is 1. The molecule has 16 heavy (non-hydrogen) atoms. The van der Waals surface area contributed by atoms with Crippen molar-refractivity contribution < 1.29 is 9.90 Å². The van der Waals surface area contributed by atoms with Gasteiger partial charge in [0.2, 0.25) is 5.91 Å². The molecule has 1 aliphatic rings. The Hall–Kier alpha value is -0.570. The third-order valence-electron chi connectivity index (χ3n) is 2.16. The maximum atomic E-state index is 11.1. The number of rotatable bonds is 3. The van der Waals surface area contributed by atoms with Crippen LogP contribution in [0.2, 0.25) is 0 Å². The number of carbonyl (C=O) groups excluding carboxylic acids is 1. The van der Waals surface area contributed by atoms with E-state index in [9.17, 15) is 4.79 Å². The monoisotopic (exact) mass is 231 g/mol. The molecule has 3 heteroatoms. The third kappa shape index (κ3) is 7.69. The smallest absolute Gasteiger partial charge is 0.224 e. The van der Waals surface area contributed by atoms with Gasteiger partial charge in [-0.05, 0) is 12.3 Å². The molecule has 0 aromatic carbocycles. The Labute approximate surface area is 101 Å². The van der Waals surface area contributed by atoms with Gasteiger partial charge in [0.1, 0.15) is 6.73 Å². The molecule has 0 saturated carbocycles. The number of amides is 1. The summed E-state index contributed by atoms with van der Waals surface area (Å²) in [6, 6.07) is 0. The molecule has 98 valence electrons. The fourth-order valence-electron chi connectivity index (χ4n) is 1.59. The van der Waals surface area contributed by atoms with E-state index in [1.54, 1.807) is 0 Å². The van der Waals surface area contributed by atoms with Crippen LogP contribution in [0.1, 0.15) is 60.3 Å². The molecule has 1 unspecified atom stereocenters. The summed E-state index contributed by atoms with van der Waals surface area (Å²) in [6.45, 7) is 11.0. The Bertz CT molecular complexity index is 160. The van der Waals surface area contributed by atoms with Gasteiger partial charge in [0.05, 0.1) is 0 Å². The van der Waals surface area contributed by atoms with Crippen LogP contribution in [-0.4, -0.2) is 29.2 Å². The molecule has 1 aliphatic heterocycles. The van der Waals surface area contributed by atoms with Crippen molar-refractivity contribution in [3.63, 3.8) is 0 Å². The average molecular weight is 231 g/mol. The molecule has 0 radical (unpaired) electrons. The zero-order valence-corrected chi connectivity index (χ0v) is 11.6. The van der Waals surface area contributed by atoms with E-state index in [4.69, 9.17) is 5.11 Å². The van der Waals surface area contributed by atoms with E-state index in [1.165, 1.54) is 11.3 Å². The molecule has 0 spiro atoms. The summed E-state index contributed by atoms with van der Waals surface area (Å²) >= 11 is 0. The lowest BCUT2D eigenvalue weighted by Gasteiger charge is -2.11. The van der Waals surface area contributed by atoms with Crippen LogP contribution < -0.4 is 0 Å². The maximum absolute atomic E-state index is 11.1. The lowest BCUT2D eigenvalue weighted by molar-refractivity contribution is -0.130. The lowest BCUT2D eigenvalue weighted by Crippen LogP contribution is -2.25. The molecule has 1 atom stereocenters. The fraction of sp³-hybridized carbons (Fsp3) is 0.923. The highest BCUT2D eigenvalue weighted by Crippen LogP contribution is 2.20. The van der Waals surface area contributed by atoms with Crippen molar-refractivity contribution in [2.75, 3.05) is 13.3 Å². The topological polar surface area (TPSA) is 40.5 Å². The minimum atomic E-state index is -0.112. The highest BCUT2D eigenvalue weighted by molar-refractivity contribution is 5.78. The molecule has 0 aromatic rings. The SMILES string of the molecule is CC.CCC.CCCC1CC(=O)N(CO)C1. The molecule has 0 aromatic heterocycles. The normalized spacial score (nSPS) is 18.5. The molecule has 1 saturated heterocycles. The first-order valence-electron chi connectivity index (χ1n) is 6.58. The van der Waals surface area contributed by atoms with Crippen LogP contribution in [0, 0.1) is 5.92 Å². The van der Waals surface area contributed by atoms with Crippen LogP contribution in [-0.2, 0) is 4.79 Å². The van der Waals surface area contributed by atoms with E-state index >= 15 is 0 Å². The molecular formula is C13H29NO2. The summed E-state index contributed by atoms with van der Waals surface area (Å²) in [4.78, 5) is 12.6. The van der Waals surface area contributed by atoms with Gasteiger partial charge >= 0.3 is 0 Å². The van der Waals surface area contributed by atoms with Gasteiger partial charge in [0.25, 0.3) is 0 Å². The minimum Gasteiger partial charge on any atom is -0.376 e. The van der Waals surface area contributed by atoms with E-state index in [1.807, 2.05) is 13.8 Å². The molecule has 1 amide bonds. The third-order valence-corrected chi connectivity index (χ3v) is 2.16. The van der Waals surface area contributed by atoms with Crippen molar-refractivity contribution >= 4 is 5.91 Å². The summed E-state index contributed by atoms with van der Waals surface area (Å²) in [5, 5.41) is 8.73. The van der Waals surface area contributed by atoms with Gasteiger partial charge in [0.15, 0.2) is 0 Å². The zero-order valence-electron chi connectivity index (χ0n) is 11.6. The largest absolute Gasteiger partial charge is 0.376 e. The highest BCUT2D eigenvalue weighted by atomic mass is 16.3. The Balaban J connectivity index is 0. The first kappa shape index (κ1) is 17.8. The molecule has 3 nitrogen and oxygen atoms in total. The van der Waals surface area contributed by atoms with E-state index in [0.29, 0.717) is 12.3 Å². The van der Waals surface area contributed by atoms with Crippen molar-refractivity contribution in [3.05, 3.63) is 0 Å². The van der Waals surface area contributed by atoms with E-state index in [0.717, 1.165) is 19.4 Å². The standard InChI is InChI=1S/C8H15NO2.C3H8.C2H6/c1-2-3-7-4-8(11)9(5-7)6-10;1-3-2;1-2/h7,10H,2-6H2,1H3;3H2,1-2H3;1-2H3. The minimum absolute atomic E-state index is 0.103. The number of aliphatic hydroxyl groups is 1. The Morgan fingerprint density at radius 1 is 1.31 bits per heavy atom. The van der Waals surface area contributed by atoms with Gasteiger partial charge in [0, 0.05) is 13.0 Å². The van der Waals surface area contributed by atoms with Crippen molar-refractivity contribution in [3.8, 4) is 0 Å². The Morgan fingerprint density at radius 3 is 2.12 bits per heavy atom. The van der Waals surface area contributed by atoms with E-state index < -0.39 is 0 Å². The fourth-order valence-corrected chi connectivity index (χ4v) is 1.59. The Kier molecular flexibility index (Phi) is 13.9. The molecular weight excluding hydrogens is 202 g/mol. The molecule has 1 N–H and O–H groups in total. The first-order chi connectivity index (χ1) is 7.69. The van der Waals surface area contributed by atoms with Crippen LogP contribution in [0.5, 0.6) is 0 Å². The van der Waals surface area contributed by atoms with E-state index in [-0.39, 0.29) is 12.6 Å². The summed E-state index contributed by atoms with van der Waals surface area (Å²) in [5.41, 5.74) is 0. The van der Waals surface area contributed by atoms with Crippen LogP contribution >= 0.6 is 0 Å². The summed E-state index contributed by atoms with van der Waals surface area (Å²) in [7, 11) is 0. The van der Waals surface area contributed by atoms with Crippen molar-refractivity contribution in [1.82, 2.24) is 4.90 Å². The number of nitrogens with zero attached hydrogens (tertiary/aromatic N) is 1. The van der Waals surface area contributed by atoms with Gasteiger partial charge in [-0.2, -0.15) is 0 Å². The van der Waals surface area contributed by atoms with Gasteiger partial charge < -0.3 is 10.0 Å². The molecule has 0 bridgehead atoms. The average Bonchev–Trinajstić information content (AvgIpc) is 2.63. The first-order valence-corrected chi connectivity index (χ1v) is 6.58. The number of likely N-dealkylation sites (tertiary alicyclic amines) is 1. The van der Waals surface area contributed by atoms with E-state index in [2.05, 4.69) is 20.8 Å². The van der Waals surface area contributed by atoms with Crippen molar-refractivity contribution in [1.29, 1.82) is 0 Å². The number of aliphatic hydroxyl groups excluding tert-OH is 1. The molecule has 1 rings (SSSR count). The maximum Gasteiger partial charge on any atom is 0.224 e. The zero-order chi connectivity index (χ0) is 13.0. The van der Waals surface area contributed by atoms with Crippen LogP contribution in [0.4, 0.5) is 0 Å². The number of hydrogen-bond acceptors (Lipinski definition) is 2. The molecule has 1 heterocycles. The second kappa shape index (κ2) is 12.5. The summed E-state index contributed by atoms with van der Waals surface area (Å²) < 4.78 is 0. The van der Waals surface area contributed by atoms with Gasteiger partial charge in [-0.3, -0.25) is 4.79 Å². The molecule has 1 fully saturated rings. The second-order valence-corrected chi connectivity index (χ2v) is 3.82. The number of carbonyl (C=O) groups is 1.